The highest BCUT2D eigenvalue weighted by Gasteiger charge is 2.24. The number of anilines is 4. The van der Waals surface area contributed by atoms with E-state index < -0.39 is 22.2 Å². The Morgan fingerprint density at radius 3 is 2.16 bits per heavy atom. The normalized spacial score (nSPS) is 10.4. The van der Waals surface area contributed by atoms with E-state index in [1.807, 2.05) is 30.3 Å². The van der Waals surface area contributed by atoms with Crippen molar-refractivity contribution in [1.82, 2.24) is 9.97 Å². The maximum Gasteiger partial charge on any atom is 0.353 e. The zero-order valence-corrected chi connectivity index (χ0v) is 16.3. The van der Waals surface area contributed by atoms with E-state index in [0.29, 0.717) is 23.3 Å². The molecule has 2 N–H and O–H groups in total. The first-order chi connectivity index (χ1) is 15.5. The summed E-state index contributed by atoms with van der Waals surface area (Å²) in [6, 6.07) is 18.7. The Morgan fingerprint density at radius 1 is 0.844 bits per heavy atom. The summed E-state index contributed by atoms with van der Waals surface area (Å²) in [6.45, 7) is 0. The molecule has 0 saturated heterocycles. The molecule has 0 aliphatic carbocycles. The molecule has 0 amide bonds. The smallest absolute Gasteiger partial charge is 0.353 e. The van der Waals surface area contributed by atoms with Crippen LogP contribution in [0.4, 0.5) is 37.5 Å². The predicted molar refractivity (Wildman–Crippen MR) is 115 cm³/mol. The van der Waals surface area contributed by atoms with Gasteiger partial charge in [-0.25, -0.2) is 18.7 Å². The molecule has 0 bridgehead atoms. The molecular weight excluding hydrogens is 420 g/mol. The fourth-order valence-electron chi connectivity index (χ4n) is 2.82. The number of nitro groups is 1. The molecule has 0 radical (unpaired) electrons. The second-order valence-electron chi connectivity index (χ2n) is 6.49. The van der Waals surface area contributed by atoms with Crippen molar-refractivity contribution in [3.05, 3.63) is 101 Å². The van der Waals surface area contributed by atoms with Gasteiger partial charge in [0.1, 0.15) is 29.5 Å². The summed E-state index contributed by atoms with van der Waals surface area (Å²) in [6.07, 6.45) is 1.09. The van der Waals surface area contributed by atoms with Crippen LogP contribution in [-0.4, -0.2) is 14.9 Å². The lowest BCUT2D eigenvalue weighted by atomic mass is 10.2. The summed E-state index contributed by atoms with van der Waals surface area (Å²) in [5.74, 6) is -0.793. The third kappa shape index (κ3) is 4.75. The Balaban J connectivity index is 1.57. The lowest BCUT2D eigenvalue weighted by Crippen LogP contribution is -2.06. The SMILES string of the molecule is O=[N+]([O-])c1c(Nc2ccc(Oc3ccccc3)cc2)ncnc1Nc1ccc(F)cc1F. The van der Waals surface area contributed by atoms with Crippen LogP contribution in [0.5, 0.6) is 11.5 Å². The third-order valence-electron chi connectivity index (χ3n) is 4.29. The number of benzene rings is 3. The van der Waals surface area contributed by atoms with E-state index >= 15 is 0 Å². The van der Waals surface area contributed by atoms with Crippen molar-refractivity contribution in [1.29, 1.82) is 0 Å². The van der Waals surface area contributed by atoms with Gasteiger partial charge >= 0.3 is 5.69 Å². The topological polar surface area (TPSA) is 102 Å². The first-order valence-electron chi connectivity index (χ1n) is 9.31. The Hall–Kier alpha value is -4.60. The minimum atomic E-state index is -0.915. The van der Waals surface area contributed by atoms with E-state index in [1.165, 1.54) is 0 Å². The molecule has 0 aliphatic rings. The number of ether oxygens (including phenoxy) is 1. The number of para-hydroxylation sites is 1. The van der Waals surface area contributed by atoms with E-state index in [1.54, 1.807) is 24.3 Å². The van der Waals surface area contributed by atoms with Crippen LogP contribution in [0, 0.1) is 21.7 Å². The molecule has 4 rings (SSSR count). The number of hydrogen-bond acceptors (Lipinski definition) is 7. The molecule has 1 aromatic heterocycles. The molecule has 32 heavy (non-hydrogen) atoms. The van der Waals surface area contributed by atoms with E-state index in [9.17, 15) is 18.9 Å². The molecule has 0 aliphatic heterocycles. The number of nitrogens with zero attached hydrogens (tertiary/aromatic N) is 3. The highest BCUT2D eigenvalue weighted by Crippen LogP contribution is 2.34. The van der Waals surface area contributed by atoms with Gasteiger partial charge in [0.25, 0.3) is 0 Å². The average Bonchev–Trinajstić information content (AvgIpc) is 2.78. The lowest BCUT2D eigenvalue weighted by molar-refractivity contribution is -0.383. The molecule has 0 atom stereocenters. The number of hydrogen-bond donors (Lipinski definition) is 2. The van der Waals surface area contributed by atoms with Gasteiger partial charge in [0.2, 0.25) is 11.6 Å². The molecule has 10 heteroatoms. The zero-order valence-electron chi connectivity index (χ0n) is 16.3. The quantitative estimate of drug-likeness (QED) is 0.273. The van der Waals surface area contributed by atoms with Crippen molar-refractivity contribution < 1.29 is 18.4 Å². The maximum atomic E-state index is 14.0. The molecule has 0 fully saturated rings. The van der Waals surface area contributed by atoms with Crippen molar-refractivity contribution >= 4 is 28.7 Å². The van der Waals surface area contributed by atoms with Crippen molar-refractivity contribution in [2.24, 2.45) is 0 Å². The Labute approximate surface area is 180 Å². The van der Waals surface area contributed by atoms with Gasteiger partial charge in [-0.1, -0.05) is 18.2 Å². The maximum absolute atomic E-state index is 14.0. The minimum Gasteiger partial charge on any atom is -0.457 e. The van der Waals surface area contributed by atoms with Gasteiger partial charge in [-0.05, 0) is 48.5 Å². The molecule has 0 spiro atoms. The Morgan fingerprint density at radius 2 is 1.50 bits per heavy atom. The fourth-order valence-corrected chi connectivity index (χ4v) is 2.82. The van der Waals surface area contributed by atoms with Crippen LogP contribution in [0.25, 0.3) is 0 Å². The van der Waals surface area contributed by atoms with Crippen LogP contribution in [-0.2, 0) is 0 Å². The Bertz CT molecular complexity index is 1250. The molecule has 3 aromatic carbocycles. The summed E-state index contributed by atoms with van der Waals surface area (Å²) in [5, 5.41) is 17.1. The highest BCUT2D eigenvalue weighted by molar-refractivity contribution is 5.76. The second-order valence-corrected chi connectivity index (χ2v) is 6.49. The first-order valence-corrected chi connectivity index (χ1v) is 9.31. The number of rotatable bonds is 7. The summed E-state index contributed by atoms with van der Waals surface area (Å²) in [4.78, 5) is 18.8. The van der Waals surface area contributed by atoms with Crippen LogP contribution in [0.15, 0.2) is 79.1 Å². The number of halogens is 2. The highest BCUT2D eigenvalue weighted by atomic mass is 19.1. The fraction of sp³-hybridized carbons (Fsp3) is 0. The zero-order chi connectivity index (χ0) is 22.5. The predicted octanol–water partition coefficient (Wildman–Crippen LogP) is 5.94. The van der Waals surface area contributed by atoms with Crippen LogP contribution in [0.1, 0.15) is 0 Å². The summed E-state index contributed by atoms with van der Waals surface area (Å²) >= 11 is 0. The van der Waals surface area contributed by atoms with Gasteiger partial charge < -0.3 is 15.4 Å². The molecular formula is C22H15F2N5O3. The summed E-state index contributed by atoms with van der Waals surface area (Å²) < 4.78 is 32.8. The van der Waals surface area contributed by atoms with Gasteiger partial charge in [0, 0.05) is 11.8 Å². The molecule has 160 valence electrons. The molecule has 0 unspecified atom stereocenters. The summed E-state index contributed by atoms with van der Waals surface area (Å²) in [7, 11) is 0. The van der Waals surface area contributed by atoms with Crippen LogP contribution >= 0.6 is 0 Å². The van der Waals surface area contributed by atoms with Gasteiger partial charge in [0.15, 0.2) is 0 Å². The Kier molecular flexibility index (Phi) is 5.84. The monoisotopic (exact) mass is 435 g/mol. The second kappa shape index (κ2) is 9.04. The third-order valence-corrected chi connectivity index (χ3v) is 4.29. The van der Waals surface area contributed by atoms with Crippen molar-refractivity contribution in [3.8, 4) is 11.5 Å². The van der Waals surface area contributed by atoms with Gasteiger partial charge in [0.05, 0.1) is 10.6 Å². The van der Waals surface area contributed by atoms with E-state index in [-0.39, 0.29) is 17.3 Å². The average molecular weight is 435 g/mol. The van der Waals surface area contributed by atoms with E-state index in [2.05, 4.69) is 20.6 Å². The number of aromatic nitrogens is 2. The molecule has 4 aromatic rings. The lowest BCUT2D eigenvalue weighted by Gasteiger charge is -2.11. The van der Waals surface area contributed by atoms with Crippen molar-refractivity contribution in [2.75, 3.05) is 10.6 Å². The van der Waals surface area contributed by atoms with Crippen LogP contribution in [0.2, 0.25) is 0 Å². The van der Waals surface area contributed by atoms with Gasteiger partial charge in [-0.2, -0.15) is 0 Å². The largest absolute Gasteiger partial charge is 0.457 e. The van der Waals surface area contributed by atoms with Gasteiger partial charge in [-0.3, -0.25) is 10.1 Å². The van der Waals surface area contributed by atoms with Crippen molar-refractivity contribution in [2.45, 2.75) is 0 Å². The van der Waals surface area contributed by atoms with Crippen LogP contribution in [0.3, 0.4) is 0 Å². The number of nitrogens with one attached hydrogen (secondary N) is 2. The van der Waals surface area contributed by atoms with E-state index in [4.69, 9.17) is 4.74 Å². The van der Waals surface area contributed by atoms with Gasteiger partial charge in [-0.15, -0.1) is 0 Å². The van der Waals surface area contributed by atoms with Crippen LogP contribution < -0.4 is 15.4 Å². The van der Waals surface area contributed by atoms with E-state index in [0.717, 1.165) is 18.5 Å². The molecule has 8 nitrogen and oxygen atoms in total. The summed E-state index contributed by atoms with van der Waals surface area (Å²) in [5.41, 5.74) is -0.159. The standard InChI is InChI=1S/C22H15F2N5O3/c23-14-6-11-19(18(24)12-14)28-22-20(29(30)31)21(25-13-26-22)27-15-7-9-17(10-8-15)32-16-4-2-1-3-5-16/h1-13H,(H2,25,26,27,28). The van der Waals surface area contributed by atoms with Crippen molar-refractivity contribution in [3.63, 3.8) is 0 Å². The minimum absolute atomic E-state index is 0.105. The molecule has 1 heterocycles. The first kappa shape index (κ1) is 20.7. The molecule has 0 saturated carbocycles.